The number of nitrogens with zero attached hydrogens (tertiary/aromatic N) is 1. The first-order valence-electron chi connectivity index (χ1n) is 8.02. The van der Waals surface area contributed by atoms with Gasteiger partial charge >= 0.3 is 0 Å². The zero-order valence-electron chi connectivity index (χ0n) is 13.6. The van der Waals surface area contributed by atoms with Crippen molar-refractivity contribution in [3.05, 3.63) is 18.2 Å². The van der Waals surface area contributed by atoms with E-state index in [0.29, 0.717) is 11.5 Å². The summed E-state index contributed by atoms with van der Waals surface area (Å²) in [4.78, 5) is 2.63. The molecule has 0 amide bonds. The van der Waals surface area contributed by atoms with Crippen LogP contribution in [0.5, 0.6) is 11.5 Å². The highest BCUT2D eigenvalue weighted by atomic mass is 32.2. The molecule has 1 aromatic carbocycles. The van der Waals surface area contributed by atoms with E-state index in [9.17, 15) is 8.42 Å². The highest BCUT2D eigenvalue weighted by Gasteiger charge is 2.33. The first-order chi connectivity index (χ1) is 11.0. The summed E-state index contributed by atoms with van der Waals surface area (Å²) in [6, 6.07) is 5.48. The van der Waals surface area contributed by atoms with Crippen LogP contribution in [-0.4, -0.2) is 52.7 Å². The molecule has 1 aliphatic carbocycles. The molecule has 23 heavy (non-hydrogen) atoms. The van der Waals surface area contributed by atoms with Crippen LogP contribution in [0.2, 0.25) is 0 Å². The largest absolute Gasteiger partial charge is 0.497 e. The van der Waals surface area contributed by atoms with E-state index in [0.717, 1.165) is 32.0 Å². The maximum atomic E-state index is 12.7. The summed E-state index contributed by atoms with van der Waals surface area (Å²) in [5.41, 5.74) is 0. The summed E-state index contributed by atoms with van der Waals surface area (Å²) in [5, 5.41) is 0. The second kappa shape index (κ2) is 6.67. The minimum atomic E-state index is -3.60. The van der Waals surface area contributed by atoms with Crippen molar-refractivity contribution in [3.63, 3.8) is 0 Å². The Morgan fingerprint density at radius 3 is 2.35 bits per heavy atom. The molecule has 7 heteroatoms. The van der Waals surface area contributed by atoms with Crippen molar-refractivity contribution in [1.82, 2.24) is 9.62 Å². The monoisotopic (exact) mass is 340 g/mol. The van der Waals surface area contributed by atoms with E-state index >= 15 is 0 Å². The Morgan fingerprint density at radius 2 is 1.78 bits per heavy atom. The Morgan fingerprint density at radius 1 is 1.09 bits per heavy atom. The van der Waals surface area contributed by atoms with Gasteiger partial charge in [-0.15, -0.1) is 0 Å². The molecule has 6 nitrogen and oxygen atoms in total. The van der Waals surface area contributed by atoms with Gasteiger partial charge in [0.1, 0.15) is 16.4 Å². The molecule has 0 bridgehead atoms. The summed E-state index contributed by atoms with van der Waals surface area (Å²) in [6.07, 6.45) is 4.29. The van der Waals surface area contributed by atoms with Crippen LogP contribution in [0.25, 0.3) is 0 Å². The van der Waals surface area contributed by atoms with Crippen LogP contribution in [0.4, 0.5) is 0 Å². The van der Waals surface area contributed by atoms with Crippen molar-refractivity contribution in [2.24, 2.45) is 0 Å². The lowest BCUT2D eigenvalue weighted by atomic mass is 10.1. The average Bonchev–Trinajstić information content (AvgIpc) is 3.39. The van der Waals surface area contributed by atoms with Gasteiger partial charge in [0.05, 0.1) is 14.2 Å². The Hall–Kier alpha value is -1.31. The van der Waals surface area contributed by atoms with E-state index < -0.39 is 10.0 Å². The van der Waals surface area contributed by atoms with Gasteiger partial charge in [-0.05, 0) is 50.9 Å². The van der Waals surface area contributed by atoms with Gasteiger partial charge in [-0.25, -0.2) is 13.1 Å². The van der Waals surface area contributed by atoms with E-state index in [4.69, 9.17) is 9.47 Å². The lowest BCUT2D eigenvalue weighted by Crippen LogP contribution is -2.45. The molecular weight excluding hydrogens is 316 g/mol. The van der Waals surface area contributed by atoms with Gasteiger partial charge in [0.2, 0.25) is 10.0 Å². The summed E-state index contributed by atoms with van der Waals surface area (Å²) in [6.45, 7) is 1.94. The van der Waals surface area contributed by atoms with Gasteiger partial charge in [0.15, 0.2) is 0 Å². The van der Waals surface area contributed by atoms with Crippen LogP contribution < -0.4 is 14.2 Å². The number of sulfonamides is 1. The van der Waals surface area contributed by atoms with Crippen LogP contribution in [-0.2, 0) is 10.0 Å². The number of likely N-dealkylation sites (tertiary alicyclic amines) is 1. The van der Waals surface area contributed by atoms with Crippen molar-refractivity contribution in [2.45, 2.75) is 42.7 Å². The minimum Gasteiger partial charge on any atom is -0.497 e. The third-order valence-corrected chi connectivity index (χ3v) is 6.13. The Labute approximate surface area is 137 Å². The molecule has 128 valence electrons. The van der Waals surface area contributed by atoms with Crippen LogP contribution in [0.15, 0.2) is 23.1 Å². The number of nitrogens with one attached hydrogen (secondary N) is 1. The van der Waals surface area contributed by atoms with Crippen LogP contribution >= 0.6 is 0 Å². The van der Waals surface area contributed by atoms with Crippen molar-refractivity contribution in [1.29, 1.82) is 0 Å². The number of rotatable bonds is 6. The average molecular weight is 340 g/mol. The number of piperidine rings is 1. The fourth-order valence-corrected chi connectivity index (χ4v) is 4.56. The molecule has 0 atom stereocenters. The third kappa shape index (κ3) is 3.79. The van der Waals surface area contributed by atoms with Crippen molar-refractivity contribution >= 4 is 10.0 Å². The number of hydrogen-bond donors (Lipinski definition) is 1. The smallest absolute Gasteiger partial charge is 0.244 e. The van der Waals surface area contributed by atoms with Crippen LogP contribution in [0, 0.1) is 0 Å². The SMILES string of the molecule is COc1ccc(S(=O)(=O)NC2CCN(C3CC3)CC2)c(OC)c1. The van der Waals surface area contributed by atoms with Gasteiger partial charge in [0.25, 0.3) is 0 Å². The lowest BCUT2D eigenvalue weighted by molar-refractivity contribution is 0.199. The number of ether oxygens (including phenoxy) is 2. The summed E-state index contributed by atoms with van der Waals surface area (Å²) >= 11 is 0. The summed E-state index contributed by atoms with van der Waals surface area (Å²) in [5.74, 6) is 0.866. The van der Waals surface area contributed by atoms with Crippen molar-refractivity contribution in [2.75, 3.05) is 27.3 Å². The summed E-state index contributed by atoms with van der Waals surface area (Å²) in [7, 11) is -0.602. The molecule has 3 rings (SSSR count). The van der Waals surface area contributed by atoms with Gasteiger partial charge in [0, 0.05) is 18.2 Å². The predicted octanol–water partition coefficient (Wildman–Crippen LogP) is 1.61. The summed E-state index contributed by atoms with van der Waals surface area (Å²) < 4.78 is 38.5. The molecule has 1 heterocycles. The zero-order valence-corrected chi connectivity index (χ0v) is 14.4. The molecule has 0 radical (unpaired) electrons. The molecule has 1 saturated carbocycles. The third-order valence-electron chi connectivity index (χ3n) is 4.57. The Balaban J connectivity index is 1.69. The maximum Gasteiger partial charge on any atom is 0.244 e. The van der Waals surface area contributed by atoms with Crippen LogP contribution in [0.3, 0.4) is 0 Å². The Bertz CT molecular complexity index is 650. The number of benzene rings is 1. The first-order valence-corrected chi connectivity index (χ1v) is 9.50. The van der Waals surface area contributed by atoms with Gasteiger partial charge in [-0.3, -0.25) is 0 Å². The van der Waals surface area contributed by atoms with Crippen LogP contribution in [0.1, 0.15) is 25.7 Å². The van der Waals surface area contributed by atoms with E-state index in [2.05, 4.69) is 9.62 Å². The fourth-order valence-electron chi connectivity index (χ4n) is 3.10. The second-order valence-corrected chi connectivity index (χ2v) is 7.86. The molecular formula is C16H24N2O4S. The van der Waals surface area contributed by atoms with Gasteiger partial charge in [-0.1, -0.05) is 0 Å². The highest BCUT2D eigenvalue weighted by Crippen LogP contribution is 2.31. The Kier molecular flexibility index (Phi) is 4.79. The molecule has 1 aromatic rings. The fraction of sp³-hybridized carbons (Fsp3) is 0.625. The van der Waals surface area contributed by atoms with E-state index in [1.165, 1.54) is 33.1 Å². The normalized spacial score (nSPS) is 20.4. The maximum absolute atomic E-state index is 12.7. The van der Waals surface area contributed by atoms with E-state index in [1.54, 1.807) is 12.1 Å². The van der Waals surface area contributed by atoms with Gasteiger partial charge < -0.3 is 14.4 Å². The number of hydrogen-bond acceptors (Lipinski definition) is 5. The number of methoxy groups -OCH3 is 2. The molecule has 0 aromatic heterocycles. The molecule has 1 N–H and O–H groups in total. The van der Waals surface area contributed by atoms with Gasteiger partial charge in [-0.2, -0.15) is 0 Å². The molecule has 0 spiro atoms. The van der Waals surface area contributed by atoms with Crippen molar-refractivity contribution < 1.29 is 17.9 Å². The lowest BCUT2D eigenvalue weighted by Gasteiger charge is -2.32. The molecule has 1 aliphatic heterocycles. The van der Waals surface area contributed by atoms with E-state index in [-0.39, 0.29) is 10.9 Å². The topological polar surface area (TPSA) is 67.9 Å². The molecule has 2 fully saturated rings. The zero-order chi connectivity index (χ0) is 16.4. The van der Waals surface area contributed by atoms with Crippen molar-refractivity contribution in [3.8, 4) is 11.5 Å². The van der Waals surface area contributed by atoms with E-state index in [1.807, 2.05) is 0 Å². The quantitative estimate of drug-likeness (QED) is 0.852. The minimum absolute atomic E-state index is 0.0122. The molecule has 2 aliphatic rings. The molecule has 0 unspecified atom stereocenters. The molecule has 1 saturated heterocycles. The predicted molar refractivity (Wildman–Crippen MR) is 87.5 cm³/mol. The second-order valence-electron chi connectivity index (χ2n) is 6.18. The first kappa shape index (κ1) is 16.5. The highest BCUT2D eigenvalue weighted by molar-refractivity contribution is 7.89. The standard InChI is InChI=1S/C16H24N2O4S/c1-21-14-5-6-16(15(11-14)22-2)23(19,20)17-12-7-9-18(10-8-12)13-3-4-13/h5-6,11-13,17H,3-4,7-10H2,1-2H3.